The molecule has 0 aliphatic carbocycles. The smallest absolute Gasteiger partial charge is 0.296 e. The Labute approximate surface area is 113 Å². The van der Waals surface area contributed by atoms with Gasteiger partial charge in [-0.2, -0.15) is 8.78 Å². The van der Waals surface area contributed by atoms with Crippen LogP contribution in [0.1, 0.15) is 12.1 Å². The number of nitrogens with zero attached hydrogens (tertiary/aromatic N) is 2. The van der Waals surface area contributed by atoms with E-state index < -0.39 is 18.0 Å². The standard InChI is InChI=1S/C13H11ClF2N2O/c1-3-6-13(15,16)11-12(14)18-10-7-8(19-2)4-5-9(10)17-11/h3-5,7H,1,6H2,2H3. The molecule has 1 heterocycles. The second-order valence-corrected chi connectivity index (χ2v) is 4.27. The van der Waals surface area contributed by atoms with E-state index in [4.69, 9.17) is 16.3 Å². The van der Waals surface area contributed by atoms with Crippen LogP contribution >= 0.6 is 11.6 Å². The third-order valence-corrected chi connectivity index (χ3v) is 2.84. The third kappa shape index (κ3) is 2.66. The number of rotatable bonds is 4. The van der Waals surface area contributed by atoms with Crippen molar-refractivity contribution in [3.8, 4) is 5.75 Å². The van der Waals surface area contributed by atoms with E-state index in [0.29, 0.717) is 16.8 Å². The number of hydrogen-bond donors (Lipinski definition) is 0. The SMILES string of the molecule is C=CCC(F)(F)c1nc2ccc(OC)cc2nc1Cl. The van der Waals surface area contributed by atoms with Crippen molar-refractivity contribution in [2.24, 2.45) is 0 Å². The second kappa shape index (κ2) is 5.09. The maximum absolute atomic E-state index is 13.8. The Balaban J connectivity index is 2.59. The molecular formula is C13H11ClF2N2O. The molecule has 6 heteroatoms. The first-order valence-electron chi connectivity index (χ1n) is 5.48. The van der Waals surface area contributed by atoms with Crippen molar-refractivity contribution in [1.82, 2.24) is 9.97 Å². The highest BCUT2D eigenvalue weighted by Gasteiger charge is 2.35. The van der Waals surface area contributed by atoms with E-state index in [0.717, 1.165) is 6.08 Å². The lowest BCUT2D eigenvalue weighted by atomic mass is 10.1. The van der Waals surface area contributed by atoms with Gasteiger partial charge in [0.05, 0.1) is 18.1 Å². The zero-order valence-corrected chi connectivity index (χ0v) is 10.9. The Morgan fingerprint density at radius 1 is 1.37 bits per heavy atom. The summed E-state index contributed by atoms with van der Waals surface area (Å²) in [6.07, 6.45) is 0.583. The summed E-state index contributed by atoms with van der Waals surface area (Å²) in [6.45, 7) is 3.30. The maximum Gasteiger partial charge on any atom is 0.296 e. The van der Waals surface area contributed by atoms with Gasteiger partial charge in [0.1, 0.15) is 11.4 Å². The molecule has 0 bridgehead atoms. The van der Waals surface area contributed by atoms with Gasteiger partial charge in [-0.25, -0.2) is 9.97 Å². The molecule has 0 aliphatic rings. The number of benzene rings is 1. The molecule has 0 aliphatic heterocycles. The molecule has 1 aromatic heterocycles. The number of fused-ring (bicyclic) bond motifs is 1. The van der Waals surface area contributed by atoms with Gasteiger partial charge in [-0.3, -0.25) is 0 Å². The lowest BCUT2D eigenvalue weighted by molar-refractivity contribution is -0.00529. The molecule has 0 atom stereocenters. The van der Waals surface area contributed by atoms with Crippen LogP contribution in [-0.4, -0.2) is 17.1 Å². The summed E-state index contributed by atoms with van der Waals surface area (Å²) in [6, 6.07) is 4.77. The first-order valence-corrected chi connectivity index (χ1v) is 5.86. The molecule has 0 spiro atoms. The summed E-state index contributed by atoms with van der Waals surface area (Å²) in [7, 11) is 1.50. The van der Waals surface area contributed by atoms with Crippen molar-refractivity contribution in [2.45, 2.75) is 12.3 Å². The van der Waals surface area contributed by atoms with E-state index >= 15 is 0 Å². The van der Waals surface area contributed by atoms with E-state index in [1.165, 1.54) is 7.11 Å². The molecule has 0 saturated heterocycles. The fourth-order valence-electron chi connectivity index (χ4n) is 1.65. The van der Waals surface area contributed by atoms with Crippen LogP contribution in [0, 0.1) is 0 Å². The average molecular weight is 285 g/mol. The van der Waals surface area contributed by atoms with Gasteiger partial charge in [0.2, 0.25) is 0 Å². The van der Waals surface area contributed by atoms with Crippen molar-refractivity contribution >= 4 is 22.6 Å². The topological polar surface area (TPSA) is 35.0 Å². The highest BCUT2D eigenvalue weighted by Crippen LogP contribution is 2.35. The molecule has 0 unspecified atom stereocenters. The van der Waals surface area contributed by atoms with Gasteiger partial charge < -0.3 is 4.74 Å². The van der Waals surface area contributed by atoms with Crippen LogP contribution in [0.3, 0.4) is 0 Å². The van der Waals surface area contributed by atoms with Crippen LogP contribution in [0.2, 0.25) is 5.15 Å². The van der Waals surface area contributed by atoms with E-state index in [2.05, 4.69) is 16.5 Å². The van der Waals surface area contributed by atoms with E-state index in [1.54, 1.807) is 18.2 Å². The molecular weight excluding hydrogens is 274 g/mol. The molecule has 0 fully saturated rings. The first kappa shape index (κ1) is 13.7. The Bertz CT molecular complexity index is 631. The lowest BCUT2D eigenvalue weighted by Crippen LogP contribution is -2.16. The van der Waals surface area contributed by atoms with Gasteiger partial charge in [-0.05, 0) is 12.1 Å². The summed E-state index contributed by atoms with van der Waals surface area (Å²) in [5, 5.41) is -0.312. The zero-order valence-electron chi connectivity index (χ0n) is 10.2. The predicted molar refractivity (Wildman–Crippen MR) is 69.8 cm³/mol. The van der Waals surface area contributed by atoms with Crippen molar-refractivity contribution in [3.05, 3.63) is 41.7 Å². The quantitative estimate of drug-likeness (QED) is 0.797. The van der Waals surface area contributed by atoms with Gasteiger partial charge in [-0.1, -0.05) is 17.7 Å². The molecule has 19 heavy (non-hydrogen) atoms. The highest BCUT2D eigenvalue weighted by molar-refractivity contribution is 6.30. The Morgan fingerprint density at radius 2 is 2.11 bits per heavy atom. The molecule has 2 aromatic rings. The minimum atomic E-state index is -3.18. The number of methoxy groups -OCH3 is 1. The third-order valence-electron chi connectivity index (χ3n) is 2.58. The average Bonchev–Trinajstić information content (AvgIpc) is 2.36. The molecule has 3 nitrogen and oxygen atoms in total. The van der Waals surface area contributed by atoms with Crippen molar-refractivity contribution < 1.29 is 13.5 Å². The number of allylic oxidation sites excluding steroid dienone is 1. The zero-order chi connectivity index (χ0) is 14.0. The van der Waals surface area contributed by atoms with Crippen LogP contribution in [0.25, 0.3) is 11.0 Å². The second-order valence-electron chi connectivity index (χ2n) is 3.91. The fourth-order valence-corrected chi connectivity index (χ4v) is 1.92. The van der Waals surface area contributed by atoms with Crippen LogP contribution in [0.4, 0.5) is 8.78 Å². The fraction of sp³-hybridized carbons (Fsp3) is 0.231. The summed E-state index contributed by atoms with van der Waals surface area (Å²) >= 11 is 5.79. The number of aromatic nitrogens is 2. The van der Waals surface area contributed by atoms with Gasteiger partial charge in [0, 0.05) is 12.5 Å². The van der Waals surface area contributed by atoms with Crippen molar-refractivity contribution in [3.63, 3.8) is 0 Å². The number of halogens is 3. The largest absolute Gasteiger partial charge is 0.497 e. The van der Waals surface area contributed by atoms with Crippen molar-refractivity contribution in [1.29, 1.82) is 0 Å². The summed E-state index contributed by atoms with van der Waals surface area (Å²) in [5.74, 6) is -2.62. The molecule has 0 N–H and O–H groups in total. The monoisotopic (exact) mass is 284 g/mol. The lowest BCUT2D eigenvalue weighted by Gasteiger charge is -2.15. The van der Waals surface area contributed by atoms with Gasteiger partial charge in [0.25, 0.3) is 5.92 Å². The van der Waals surface area contributed by atoms with Gasteiger partial charge >= 0.3 is 0 Å². The van der Waals surface area contributed by atoms with E-state index in [1.807, 2.05) is 0 Å². The highest BCUT2D eigenvalue weighted by atomic mass is 35.5. The Hall–Kier alpha value is -1.75. The van der Waals surface area contributed by atoms with Gasteiger partial charge in [-0.15, -0.1) is 6.58 Å². The summed E-state index contributed by atoms with van der Waals surface area (Å²) < 4.78 is 32.6. The Morgan fingerprint density at radius 3 is 2.74 bits per heavy atom. The molecule has 0 saturated carbocycles. The summed E-state index contributed by atoms with van der Waals surface area (Å²) in [4.78, 5) is 7.83. The van der Waals surface area contributed by atoms with Crippen molar-refractivity contribution in [2.75, 3.05) is 7.11 Å². The number of alkyl halides is 2. The van der Waals surface area contributed by atoms with Crippen LogP contribution in [0.15, 0.2) is 30.9 Å². The molecule has 1 aromatic carbocycles. The van der Waals surface area contributed by atoms with Crippen LogP contribution < -0.4 is 4.74 Å². The number of ether oxygens (including phenoxy) is 1. The molecule has 0 amide bonds. The minimum absolute atomic E-state index is 0.312. The predicted octanol–water partition coefficient (Wildman–Crippen LogP) is 3.96. The normalized spacial score (nSPS) is 11.6. The molecule has 0 radical (unpaired) electrons. The minimum Gasteiger partial charge on any atom is -0.497 e. The maximum atomic E-state index is 13.8. The molecule has 2 rings (SSSR count). The number of hydrogen-bond acceptors (Lipinski definition) is 3. The van der Waals surface area contributed by atoms with Crippen LogP contribution in [-0.2, 0) is 5.92 Å². The van der Waals surface area contributed by atoms with E-state index in [9.17, 15) is 8.78 Å². The molecule has 100 valence electrons. The van der Waals surface area contributed by atoms with Crippen LogP contribution in [0.5, 0.6) is 5.75 Å². The first-order chi connectivity index (χ1) is 8.97. The Kier molecular flexibility index (Phi) is 3.66. The van der Waals surface area contributed by atoms with Gasteiger partial charge in [0.15, 0.2) is 5.15 Å². The van der Waals surface area contributed by atoms with E-state index in [-0.39, 0.29) is 5.15 Å². The summed E-state index contributed by atoms with van der Waals surface area (Å²) in [5.41, 5.74) is 0.207.